The van der Waals surface area contributed by atoms with Crippen molar-refractivity contribution in [2.24, 2.45) is 0 Å². The lowest BCUT2D eigenvalue weighted by Crippen LogP contribution is -2.20. The third-order valence-corrected chi connectivity index (χ3v) is 4.12. The fourth-order valence-corrected chi connectivity index (χ4v) is 3.05. The largest absolute Gasteiger partial charge is 0.385 e. The van der Waals surface area contributed by atoms with Crippen molar-refractivity contribution in [2.75, 3.05) is 20.3 Å². The predicted molar refractivity (Wildman–Crippen MR) is 74.3 cm³/mol. The molecule has 0 bridgehead atoms. The fourth-order valence-electron chi connectivity index (χ4n) is 2.47. The summed E-state index contributed by atoms with van der Waals surface area (Å²) in [5, 5.41) is 3.65. The molecule has 0 heterocycles. The Balaban J connectivity index is 1.83. The summed E-state index contributed by atoms with van der Waals surface area (Å²) in [4.78, 5) is 0. The van der Waals surface area contributed by atoms with Crippen LogP contribution in [0.1, 0.15) is 36.4 Å². The highest BCUT2D eigenvalue weighted by molar-refractivity contribution is 9.10. The van der Waals surface area contributed by atoms with Crippen LogP contribution >= 0.6 is 15.9 Å². The summed E-state index contributed by atoms with van der Waals surface area (Å²) in [6, 6.07) is 7.07. The molecule has 1 N–H and O–H groups in total. The topological polar surface area (TPSA) is 21.3 Å². The van der Waals surface area contributed by atoms with Gasteiger partial charge in [0.25, 0.3) is 0 Å². The van der Waals surface area contributed by atoms with Crippen LogP contribution in [0.25, 0.3) is 0 Å². The molecule has 0 aliphatic heterocycles. The van der Waals surface area contributed by atoms with Crippen LogP contribution < -0.4 is 5.32 Å². The van der Waals surface area contributed by atoms with Gasteiger partial charge in [-0.15, -0.1) is 0 Å². The highest BCUT2D eigenvalue weighted by atomic mass is 79.9. The van der Waals surface area contributed by atoms with Crippen molar-refractivity contribution in [3.8, 4) is 0 Å². The van der Waals surface area contributed by atoms with Gasteiger partial charge in [-0.05, 0) is 49.4 Å². The smallest absolute Gasteiger partial charge is 0.0462 e. The molecule has 0 fully saturated rings. The van der Waals surface area contributed by atoms with Gasteiger partial charge < -0.3 is 10.1 Å². The zero-order valence-corrected chi connectivity index (χ0v) is 11.9. The van der Waals surface area contributed by atoms with Crippen LogP contribution in [0.4, 0.5) is 0 Å². The van der Waals surface area contributed by atoms with E-state index in [1.165, 1.54) is 34.9 Å². The number of unbranched alkanes of at least 4 members (excludes halogenated alkanes) is 1. The average molecular weight is 298 g/mol. The zero-order chi connectivity index (χ0) is 12.1. The molecule has 17 heavy (non-hydrogen) atoms. The molecular weight excluding hydrogens is 278 g/mol. The Labute approximate surface area is 112 Å². The number of benzene rings is 1. The highest BCUT2D eigenvalue weighted by Gasteiger charge is 2.22. The van der Waals surface area contributed by atoms with Crippen LogP contribution in [0.15, 0.2) is 22.7 Å². The van der Waals surface area contributed by atoms with Gasteiger partial charge in [0.15, 0.2) is 0 Å². The van der Waals surface area contributed by atoms with Crippen LogP contribution in [0, 0.1) is 0 Å². The Morgan fingerprint density at radius 1 is 1.41 bits per heavy atom. The van der Waals surface area contributed by atoms with Crippen LogP contribution in [0.2, 0.25) is 0 Å². The normalized spacial score (nSPS) is 18.4. The molecular formula is C14H20BrNO. The first-order valence-corrected chi connectivity index (χ1v) is 7.12. The lowest BCUT2D eigenvalue weighted by molar-refractivity contribution is 0.192. The van der Waals surface area contributed by atoms with E-state index < -0.39 is 0 Å². The Bertz CT molecular complexity index is 367. The van der Waals surface area contributed by atoms with Gasteiger partial charge in [-0.1, -0.05) is 28.1 Å². The van der Waals surface area contributed by atoms with Gasteiger partial charge in [0.1, 0.15) is 0 Å². The fraction of sp³-hybridized carbons (Fsp3) is 0.571. The number of fused-ring (bicyclic) bond motifs is 1. The zero-order valence-electron chi connectivity index (χ0n) is 10.3. The second kappa shape index (κ2) is 6.53. The molecule has 94 valence electrons. The maximum absolute atomic E-state index is 5.05. The maximum atomic E-state index is 5.05. The van der Waals surface area contributed by atoms with Crippen LogP contribution in [-0.2, 0) is 11.2 Å². The standard InChI is InChI=1S/C14H20BrNO/c1-17-10-3-2-9-16-14-8-7-11-12(14)5-4-6-13(11)15/h4-6,14,16H,2-3,7-10H2,1H3. The molecule has 1 atom stereocenters. The van der Waals surface area contributed by atoms with E-state index in [-0.39, 0.29) is 0 Å². The summed E-state index contributed by atoms with van der Waals surface area (Å²) in [6.07, 6.45) is 4.74. The van der Waals surface area contributed by atoms with Crippen molar-refractivity contribution in [2.45, 2.75) is 31.7 Å². The molecule has 0 radical (unpaired) electrons. The van der Waals surface area contributed by atoms with E-state index in [4.69, 9.17) is 4.74 Å². The van der Waals surface area contributed by atoms with E-state index in [1.54, 1.807) is 7.11 Å². The molecule has 0 amide bonds. The van der Waals surface area contributed by atoms with Crippen molar-refractivity contribution in [3.05, 3.63) is 33.8 Å². The highest BCUT2D eigenvalue weighted by Crippen LogP contribution is 2.35. The molecule has 0 saturated heterocycles. The summed E-state index contributed by atoms with van der Waals surface area (Å²) in [6.45, 7) is 1.95. The van der Waals surface area contributed by atoms with Crippen molar-refractivity contribution in [3.63, 3.8) is 0 Å². The summed E-state index contributed by atoms with van der Waals surface area (Å²) < 4.78 is 6.31. The second-order valence-corrected chi connectivity index (χ2v) is 5.41. The van der Waals surface area contributed by atoms with E-state index >= 15 is 0 Å². The molecule has 2 nitrogen and oxygen atoms in total. The minimum Gasteiger partial charge on any atom is -0.385 e. The number of halogens is 1. The molecule has 1 unspecified atom stereocenters. The van der Waals surface area contributed by atoms with Crippen molar-refractivity contribution in [1.29, 1.82) is 0 Å². The van der Waals surface area contributed by atoms with Gasteiger partial charge in [-0.25, -0.2) is 0 Å². The van der Waals surface area contributed by atoms with E-state index in [1.807, 2.05) is 0 Å². The Hall–Kier alpha value is -0.380. The number of rotatable bonds is 6. The minimum absolute atomic E-state index is 0.546. The lowest BCUT2D eigenvalue weighted by Gasteiger charge is -2.14. The summed E-state index contributed by atoms with van der Waals surface area (Å²) in [7, 11) is 1.76. The Morgan fingerprint density at radius 3 is 3.12 bits per heavy atom. The summed E-state index contributed by atoms with van der Waals surface area (Å²) in [5.74, 6) is 0. The second-order valence-electron chi connectivity index (χ2n) is 4.55. The Kier molecular flexibility index (Phi) is 5.01. The average Bonchev–Trinajstić information content (AvgIpc) is 2.74. The molecule has 2 rings (SSSR count). The Morgan fingerprint density at radius 2 is 2.29 bits per heavy atom. The maximum Gasteiger partial charge on any atom is 0.0462 e. The molecule has 0 spiro atoms. The van der Waals surface area contributed by atoms with E-state index in [2.05, 4.69) is 39.4 Å². The predicted octanol–water partition coefficient (Wildman–Crippen LogP) is 3.45. The van der Waals surface area contributed by atoms with Gasteiger partial charge in [0, 0.05) is 24.2 Å². The molecule has 1 aromatic rings. The SMILES string of the molecule is COCCCCNC1CCc2c(Br)cccc21. The summed E-state index contributed by atoms with van der Waals surface area (Å²) >= 11 is 3.63. The number of nitrogens with one attached hydrogen (secondary N) is 1. The number of methoxy groups -OCH3 is 1. The van der Waals surface area contributed by atoms with Crippen LogP contribution in [0.5, 0.6) is 0 Å². The number of ether oxygens (including phenoxy) is 1. The van der Waals surface area contributed by atoms with Gasteiger partial charge >= 0.3 is 0 Å². The van der Waals surface area contributed by atoms with Crippen molar-refractivity contribution >= 4 is 15.9 Å². The van der Waals surface area contributed by atoms with E-state index in [0.29, 0.717) is 6.04 Å². The van der Waals surface area contributed by atoms with Crippen LogP contribution in [-0.4, -0.2) is 20.3 Å². The monoisotopic (exact) mass is 297 g/mol. The van der Waals surface area contributed by atoms with Gasteiger partial charge in [0.05, 0.1) is 0 Å². The first-order chi connectivity index (χ1) is 8.33. The quantitative estimate of drug-likeness (QED) is 0.812. The van der Waals surface area contributed by atoms with Gasteiger partial charge in [-0.2, -0.15) is 0 Å². The summed E-state index contributed by atoms with van der Waals surface area (Å²) in [5.41, 5.74) is 2.97. The van der Waals surface area contributed by atoms with Crippen molar-refractivity contribution in [1.82, 2.24) is 5.32 Å². The molecule has 0 aromatic heterocycles. The van der Waals surface area contributed by atoms with Gasteiger partial charge in [0.2, 0.25) is 0 Å². The molecule has 1 aliphatic rings. The lowest BCUT2D eigenvalue weighted by atomic mass is 10.1. The molecule has 3 heteroatoms. The molecule has 1 aromatic carbocycles. The third kappa shape index (κ3) is 3.30. The first-order valence-electron chi connectivity index (χ1n) is 6.32. The van der Waals surface area contributed by atoms with Gasteiger partial charge in [-0.3, -0.25) is 0 Å². The van der Waals surface area contributed by atoms with Crippen LogP contribution in [0.3, 0.4) is 0 Å². The molecule has 1 aliphatic carbocycles. The molecule has 0 saturated carbocycles. The first kappa shape index (κ1) is 13.1. The third-order valence-electron chi connectivity index (χ3n) is 3.38. The van der Waals surface area contributed by atoms with E-state index in [0.717, 1.165) is 19.6 Å². The van der Waals surface area contributed by atoms with Crippen molar-refractivity contribution < 1.29 is 4.74 Å². The minimum atomic E-state index is 0.546. The number of hydrogen-bond acceptors (Lipinski definition) is 2. The van der Waals surface area contributed by atoms with E-state index in [9.17, 15) is 0 Å². The number of hydrogen-bond donors (Lipinski definition) is 1.